The van der Waals surface area contributed by atoms with Crippen LogP contribution in [0.3, 0.4) is 0 Å². The van der Waals surface area contributed by atoms with Gasteiger partial charge >= 0.3 is 0 Å². The fourth-order valence-corrected chi connectivity index (χ4v) is 2.82. The van der Waals surface area contributed by atoms with Crippen molar-refractivity contribution in [3.05, 3.63) is 24.3 Å². The van der Waals surface area contributed by atoms with E-state index in [9.17, 15) is 8.42 Å². The van der Waals surface area contributed by atoms with Crippen molar-refractivity contribution in [3.63, 3.8) is 0 Å². The first-order chi connectivity index (χ1) is 8.55. The molecule has 1 N–H and O–H groups in total. The molecule has 18 heavy (non-hydrogen) atoms. The number of nitrogens with one attached hydrogen (secondary N) is 1. The standard InChI is InChI=1S/C13H20N2O2S/c1-18(16,17)13-6-4-12(5-7-13)14-8-11-15-9-2-3-10-15/h4-7,14H,2-3,8-11H2,1H3. The third kappa shape index (κ3) is 3.71. The Kier molecular flexibility index (Phi) is 4.24. The number of hydrogen-bond donors (Lipinski definition) is 1. The Bertz CT molecular complexity index is 476. The molecule has 1 aromatic carbocycles. The van der Waals surface area contributed by atoms with Crippen LogP contribution in [0.15, 0.2) is 29.2 Å². The molecule has 1 aromatic rings. The third-order valence-corrected chi connectivity index (χ3v) is 4.37. The summed E-state index contributed by atoms with van der Waals surface area (Å²) in [5.41, 5.74) is 0.974. The smallest absolute Gasteiger partial charge is 0.175 e. The van der Waals surface area contributed by atoms with Gasteiger partial charge in [-0.2, -0.15) is 0 Å². The van der Waals surface area contributed by atoms with Gasteiger partial charge in [-0.25, -0.2) is 8.42 Å². The molecule has 1 aliphatic rings. The van der Waals surface area contributed by atoms with Crippen LogP contribution >= 0.6 is 0 Å². The molecule has 1 heterocycles. The van der Waals surface area contributed by atoms with Gasteiger partial charge < -0.3 is 10.2 Å². The van der Waals surface area contributed by atoms with E-state index in [1.165, 1.54) is 32.2 Å². The Hall–Kier alpha value is -1.07. The molecule has 0 radical (unpaired) electrons. The summed E-state index contributed by atoms with van der Waals surface area (Å²) in [4.78, 5) is 2.81. The Labute approximate surface area is 109 Å². The van der Waals surface area contributed by atoms with Crippen molar-refractivity contribution in [2.75, 3.05) is 37.8 Å². The Balaban J connectivity index is 1.83. The minimum Gasteiger partial charge on any atom is -0.384 e. The average Bonchev–Trinajstić information content (AvgIpc) is 2.82. The molecule has 0 aliphatic carbocycles. The van der Waals surface area contributed by atoms with Crippen molar-refractivity contribution in [3.8, 4) is 0 Å². The highest BCUT2D eigenvalue weighted by molar-refractivity contribution is 7.90. The normalized spacial score (nSPS) is 16.9. The van der Waals surface area contributed by atoms with Crippen LogP contribution in [0.1, 0.15) is 12.8 Å². The highest BCUT2D eigenvalue weighted by Gasteiger charge is 2.10. The Morgan fingerprint density at radius 3 is 2.33 bits per heavy atom. The van der Waals surface area contributed by atoms with E-state index in [2.05, 4.69) is 10.2 Å². The zero-order valence-corrected chi connectivity index (χ0v) is 11.5. The lowest BCUT2D eigenvalue weighted by Gasteiger charge is -2.15. The van der Waals surface area contributed by atoms with Gasteiger partial charge in [-0.05, 0) is 50.2 Å². The van der Waals surface area contributed by atoms with E-state index in [0.717, 1.165) is 18.8 Å². The van der Waals surface area contributed by atoms with Crippen LogP contribution in [0.2, 0.25) is 0 Å². The molecular weight excluding hydrogens is 248 g/mol. The van der Waals surface area contributed by atoms with Crippen LogP contribution in [0.4, 0.5) is 5.69 Å². The van der Waals surface area contributed by atoms with Gasteiger partial charge in [0.15, 0.2) is 9.84 Å². The monoisotopic (exact) mass is 268 g/mol. The summed E-state index contributed by atoms with van der Waals surface area (Å²) in [5, 5.41) is 3.31. The fourth-order valence-electron chi connectivity index (χ4n) is 2.18. The second kappa shape index (κ2) is 5.71. The molecule has 0 unspecified atom stereocenters. The zero-order valence-electron chi connectivity index (χ0n) is 10.7. The van der Waals surface area contributed by atoms with Crippen molar-refractivity contribution in [1.29, 1.82) is 0 Å². The topological polar surface area (TPSA) is 49.4 Å². The van der Waals surface area contributed by atoms with E-state index < -0.39 is 9.84 Å². The van der Waals surface area contributed by atoms with Gasteiger partial charge in [-0.1, -0.05) is 0 Å². The Morgan fingerprint density at radius 1 is 1.17 bits per heavy atom. The first-order valence-corrected chi connectivity index (χ1v) is 8.21. The van der Waals surface area contributed by atoms with Crippen molar-refractivity contribution in [2.45, 2.75) is 17.7 Å². The summed E-state index contributed by atoms with van der Waals surface area (Å²) in [6, 6.07) is 6.93. The van der Waals surface area contributed by atoms with Gasteiger partial charge in [0.1, 0.15) is 0 Å². The number of hydrogen-bond acceptors (Lipinski definition) is 4. The molecule has 0 spiro atoms. The van der Waals surface area contributed by atoms with Crippen LogP contribution in [-0.4, -0.2) is 45.8 Å². The lowest BCUT2D eigenvalue weighted by Crippen LogP contribution is -2.25. The van der Waals surface area contributed by atoms with Crippen LogP contribution in [0, 0.1) is 0 Å². The first-order valence-electron chi connectivity index (χ1n) is 6.32. The van der Waals surface area contributed by atoms with E-state index in [1.807, 2.05) is 12.1 Å². The average molecular weight is 268 g/mol. The van der Waals surface area contributed by atoms with E-state index >= 15 is 0 Å². The summed E-state index contributed by atoms with van der Waals surface area (Å²) in [6.45, 7) is 4.36. The highest BCUT2D eigenvalue weighted by Crippen LogP contribution is 2.14. The molecule has 1 fully saturated rings. The molecule has 0 aromatic heterocycles. The number of likely N-dealkylation sites (tertiary alicyclic amines) is 1. The summed E-state index contributed by atoms with van der Waals surface area (Å²) >= 11 is 0. The SMILES string of the molecule is CS(=O)(=O)c1ccc(NCCN2CCCC2)cc1. The molecule has 0 atom stereocenters. The number of benzene rings is 1. The maximum atomic E-state index is 11.3. The quantitative estimate of drug-likeness (QED) is 0.881. The number of anilines is 1. The molecule has 1 aliphatic heterocycles. The summed E-state index contributed by atoms with van der Waals surface area (Å²) in [7, 11) is -3.09. The van der Waals surface area contributed by atoms with Crippen molar-refractivity contribution < 1.29 is 8.42 Å². The molecule has 2 rings (SSSR count). The van der Waals surface area contributed by atoms with Gasteiger partial charge in [-0.3, -0.25) is 0 Å². The molecule has 100 valence electrons. The molecule has 0 saturated carbocycles. The van der Waals surface area contributed by atoms with Gasteiger partial charge in [0, 0.05) is 25.0 Å². The lowest BCUT2D eigenvalue weighted by atomic mass is 10.3. The largest absolute Gasteiger partial charge is 0.384 e. The lowest BCUT2D eigenvalue weighted by molar-refractivity contribution is 0.352. The predicted octanol–water partition coefficient (Wildman–Crippen LogP) is 1.60. The number of rotatable bonds is 5. The van der Waals surface area contributed by atoms with E-state index in [4.69, 9.17) is 0 Å². The second-order valence-corrected chi connectivity index (χ2v) is 6.79. The van der Waals surface area contributed by atoms with Gasteiger partial charge in [0.05, 0.1) is 4.90 Å². The fraction of sp³-hybridized carbons (Fsp3) is 0.538. The van der Waals surface area contributed by atoms with Crippen molar-refractivity contribution in [2.24, 2.45) is 0 Å². The summed E-state index contributed by atoms with van der Waals surface area (Å²) in [6.07, 6.45) is 3.84. The first kappa shape index (κ1) is 13.4. The molecule has 0 amide bonds. The Morgan fingerprint density at radius 2 is 1.78 bits per heavy atom. The van der Waals surface area contributed by atoms with Gasteiger partial charge in [0.25, 0.3) is 0 Å². The molecule has 5 heteroatoms. The summed E-state index contributed by atoms with van der Waals surface area (Å²) < 4.78 is 22.6. The maximum absolute atomic E-state index is 11.3. The third-order valence-electron chi connectivity index (χ3n) is 3.24. The van der Waals surface area contributed by atoms with Crippen LogP contribution in [0.5, 0.6) is 0 Å². The van der Waals surface area contributed by atoms with E-state index in [0.29, 0.717) is 4.90 Å². The van der Waals surface area contributed by atoms with Crippen LogP contribution in [0.25, 0.3) is 0 Å². The maximum Gasteiger partial charge on any atom is 0.175 e. The molecule has 4 nitrogen and oxygen atoms in total. The highest BCUT2D eigenvalue weighted by atomic mass is 32.2. The minimum absolute atomic E-state index is 0.368. The zero-order chi connectivity index (χ0) is 13.0. The molecular formula is C13H20N2O2S. The molecule has 0 bridgehead atoms. The van der Waals surface area contributed by atoms with Crippen LogP contribution in [-0.2, 0) is 9.84 Å². The van der Waals surface area contributed by atoms with Gasteiger partial charge in [-0.15, -0.1) is 0 Å². The minimum atomic E-state index is -3.09. The van der Waals surface area contributed by atoms with E-state index in [1.54, 1.807) is 12.1 Å². The number of sulfone groups is 1. The van der Waals surface area contributed by atoms with Crippen molar-refractivity contribution >= 4 is 15.5 Å². The van der Waals surface area contributed by atoms with E-state index in [-0.39, 0.29) is 0 Å². The second-order valence-electron chi connectivity index (χ2n) is 4.77. The summed E-state index contributed by atoms with van der Waals surface area (Å²) in [5.74, 6) is 0. The predicted molar refractivity (Wildman–Crippen MR) is 73.7 cm³/mol. The van der Waals surface area contributed by atoms with Crippen LogP contribution < -0.4 is 5.32 Å². The van der Waals surface area contributed by atoms with Crippen molar-refractivity contribution in [1.82, 2.24) is 4.90 Å². The van der Waals surface area contributed by atoms with Gasteiger partial charge in [0.2, 0.25) is 0 Å². The molecule has 1 saturated heterocycles. The number of nitrogens with zero attached hydrogens (tertiary/aromatic N) is 1.